The molecule has 118 valence electrons. The van der Waals surface area contributed by atoms with Crippen LogP contribution >= 0.6 is 23.8 Å². The third kappa shape index (κ3) is 4.51. The maximum absolute atomic E-state index is 12.1. The van der Waals surface area contributed by atoms with Crippen LogP contribution in [0, 0.1) is 6.92 Å². The molecule has 0 aliphatic rings. The van der Waals surface area contributed by atoms with Gasteiger partial charge in [-0.2, -0.15) is 0 Å². The third-order valence-corrected chi connectivity index (χ3v) is 3.47. The van der Waals surface area contributed by atoms with Crippen LogP contribution < -0.4 is 10.6 Å². The zero-order valence-electron chi connectivity index (χ0n) is 12.1. The number of hydrogen-bond acceptors (Lipinski definition) is 3. The lowest BCUT2D eigenvalue weighted by atomic mass is 10.1. The van der Waals surface area contributed by atoms with Gasteiger partial charge in [-0.15, -0.1) is 0 Å². The number of nitrogens with one attached hydrogen (secondary N) is 2. The highest BCUT2D eigenvalue weighted by Gasteiger charge is 2.10. The van der Waals surface area contributed by atoms with Gasteiger partial charge in [0, 0.05) is 16.3 Å². The van der Waals surface area contributed by atoms with Crippen LogP contribution in [0.5, 0.6) is 0 Å². The number of carbonyl (C=O) groups is 2. The van der Waals surface area contributed by atoms with Crippen LogP contribution in [-0.4, -0.2) is 22.1 Å². The number of thiocarbonyl (C=S) groups is 1. The minimum Gasteiger partial charge on any atom is -0.478 e. The monoisotopic (exact) mass is 348 g/mol. The standard InChI is InChI=1S/C16H13ClN2O3S/c1-9-7-11(15(21)22)5-6-13(9)18-16(23)19-14(20)10-3-2-4-12(17)8-10/h2-8H,1H3,(H,21,22)(H2,18,19,20,23). The number of aromatic carboxylic acids is 1. The average Bonchev–Trinajstić information content (AvgIpc) is 2.49. The molecule has 0 aromatic heterocycles. The van der Waals surface area contributed by atoms with Crippen molar-refractivity contribution in [2.45, 2.75) is 6.92 Å². The number of amides is 1. The first-order valence-corrected chi connectivity index (χ1v) is 7.37. The third-order valence-electron chi connectivity index (χ3n) is 3.04. The van der Waals surface area contributed by atoms with Gasteiger partial charge < -0.3 is 10.4 Å². The summed E-state index contributed by atoms with van der Waals surface area (Å²) in [6.45, 7) is 1.75. The van der Waals surface area contributed by atoms with Gasteiger partial charge in [-0.3, -0.25) is 10.1 Å². The molecule has 0 heterocycles. The maximum Gasteiger partial charge on any atom is 0.335 e. The van der Waals surface area contributed by atoms with E-state index in [0.717, 1.165) is 0 Å². The van der Waals surface area contributed by atoms with E-state index in [2.05, 4.69) is 10.6 Å². The minimum atomic E-state index is -1.00. The first-order chi connectivity index (χ1) is 10.9. The van der Waals surface area contributed by atoms with Crippen molar-refractivity contribution in [2.75, 3.05) is 5.32 Å². The SMILES string of the molecule is Cc1cc(C(=O)O)ccc1NC(=S)NC(=O)c1cccc(Cl)c1. The fourth-order valence-electron chi connectivity index (χ4n) is 1.90. The predicted octanol–water partition coefficient (Wildman–Crippen LogP) is 3.47. The summed E-state index contributed by atoms with van der Waals surface area (Å²) in [5, 5.41) is 14.9. The van der Waals surface area contributed by atoms with Crippen LogP contribution in [0.25, 0.3) is 0 Å². The van der Waals surface area contributed by atoms with Gasteiger partial charge in [0.25, 0.3) is 5.91 Å². The Labute approximate surface area is 143 Å². The smallest absolute Gasteiger partial charge is 0.335 e. The molecule has 23 heavy (non-hydrogen) atoms. The lowest BCUT2D eigenvalue weighted by Crippen LogP contribution is -2.34. The van der Waals surface area contributed by atoms with E-state index in [9.17, 15) is 9.59 Å². The molecule has 0 unspecified atom stereocenters. The van der Waals surface area contributed by atoms with E-state index in [-0.39, 0.29) is 16.6 Å². The predicted molar refractivity (Wildman–Crippen MR) is 93.3 cm³/mol. The van der Waals surface area contributed by atoms with Crippen LogP contribution in [0.15, 0.2) is 42.5 Å². The fourth-order valence-corrected chi connectivity index (χ4v) is 2.29. The molecule has 0 saturated heterocycles. The molecule has 7 heteroatoms. The summed E-state index contributed by atoms with van der Waals surface area (Å²) in [5.41, 5.74) is 1.89. The van der Waals surface area contributed by atoms with E-state index in [1.807, 2.05) is 0 Å². The van der Waals surface area contributed by atoms with Gasteiger partial charge in [-0.25, -0.2) is 4.79 Å². The summed E-state index contributed by atoms with van der Waals surface area (Å²) in [7, 11) is 0. The van der Waals surface area contributed by atoms with E-state index in [4.69, 9.17) is 28.9 Å². The van der Waals surface area contributed by atoms with E-state index in [0.29, 0.717) is 21.8 Å². The number of carboxylic acids is 1. The Balaban J connectivity index is 2.05. The number of aryl methyl sites for hydroxylation is 1. The van der Waals surface area contributed by atoms with Gasteiger partial charge in [-0.1, -0.05) is 17.7 Å². The molecule has 2 rings (SSSR count). The summed E-state index contributed by atoms with van der Waals surface area (Å²) in [6, 6.07) is 11.1. The Kier molecular flexibility index (Phi) is 5.31. The molecule has 5 nitrogen and oxygen atoms in total. The van der Waals surface area contributed by atoms with Crippen molar-refractivity contribution >= 4 is 46.5 Å². The molecule has 3 N–H and O–H groups in total. The van der Waals surface area contributed by atoms with E-state index in [1.165, 1.54) is 18.2 Å². The second kappa shape index (κ2) is 7.21. The molecule has 0 aliphatic carbocycles. The Morgan fingerprint density at radius 3 is 2.48 bits per heavy atom. The van der Waals surface area contributed by atoms with Crippen LogP contribution in [0.1, 0.15) is 26.3 Å². The Bertz CT molecular complexity index is 793. The van der Waals surface area contributed by atoms with Crippen molar-refractivity contribution in [3.63, 3.8) is 0 Å². The van der Waals surface area contributed by atoms with Gasteiger partial charge in [0.1, 0.15) is 0 Å². The number of halogens is 1. The van der Waals surface area contributed by atoms with Crippen molar-refractivity contribution in [3.05, 3.63) is 64.2 Å². The van der Waals surface area contributed by atoms with Gasteiger partial charge in [0.05, 0.1) is 5.56 Å². The van der Waals surface area contributed by atoms with E-state index < -0.39 is 5.97 Å². The van der Waals surface area contributed by atoms with Gasteiger partial charge in [0.2, 0.25) is 0 Å². The fraction of sp³-hybridized carbons (Fsp3) is 0.0625. The molecule has 0 spiro atoms. The van der Waals surface area contributed by atoms with E-state index >= 15 is 0 Å². The molecule has 0 bridgehead atoms. The van der Waals surface area contributed by atoms with Crippen LogP contribution in [0.3, 0.4) is 0 Å². The molecular formula is C16H13ClN2O3S. The zero-order chi connectivity index (χ0) is 17.0. The summed E-state index contributed by atoms with van der Waals surface area (Å²) in [4.78, 5) is 23.0. The molecule has 0 radical (unpaired) electrons. The molecule has 2 aromatic rings. The highest BCUT2D eigenvalue weighted by atomic mass is 35.5. The van der Waals surface area contributed by atoms with Crippen molar-refractivity contribution in [2.24, 2.45) is 0 Å². The molecule has 1 amide bonds. The summed E-state index contributed by atoms with van der Waals surface area (Å²) < 4.78 is 0. The van der Waals surface area contributed by atoms with Gasteiger partial charge in [0.15, 0.2) is 5.11 Å². The molecular weight excluding hydrogens is 336 g/mol. The average molecular weight is 349 g/mol. The van der Waals surface area contributed by atoms with Crippen molar-refractivity contribution < 1.29 is 14.7 Å². The Morgan fingerprint density at radius 2 is 1.87 bits per heavy atom. The Morgan fingerprint density at radius 1 is 1.13 bits per heavy atom. The molecule has 0 fully saturated rings. The molecule has 0 saturated carbocycles. The number of benzene rings is 2. The Hall–Kier alpha value is -2.44. The van der Waals surface area contributed by atoms with Gasteiger partial charge in [-0.05, 0) is 61.1 Å². The van der Waals surface area contributed by atoms with Crippen LogP contribution in [-0.2, 0) is 0 Å². The first-order valence-electron chi connectivity index (χ1n) is 6.58. The highest BCUT2D eigenvalue weighted by Crippen LogP contribution is 2.16. The lowest BCUT2D eigenvalue weighted by molar-refractivity contribution is 0.0696. The lowest BCUT2D eigenvalue weighted by Gasteiger charge is -2.12. The second-order valence-electron chi connectivity index (χ2n) is 4.75. The van der Waals surface area contributed by atoms with Crippen molar-refractivity contribution in [3.8, 4) is 0 Å². The number of rotatable bonds is 3. The topological polar surface area (TPSA) is 78.4 Å². The number of hydrogen-bond donors (Lipinski definition) is 3. The molecule has 2 aromatic carbocycles. The molecule has 0 aliphatic heterocycles. The number of carbonyl (C=O) groups excluding carboxylic acids is 1. The first kappa shape index (κ1) is 16.9. The quantitative estimate of drug-likeness (QED) is 0.740. The summed E-state index contributed by atoms with van der Waals surface area (Å²) in [6.07, 6.45) is 0. The van der Waals surface area contributed by atoms with Crippen molar-refractivity contribution in [1.82, 2.24) is 5.32 Å². The van der Waals surface area contributed by atoms with Gasteiger partial charge >= 0.3 is 5.97 Å². The zero-order valence-corrected chi connectivity index (χ0v) is 13.7. The highest BCUT2D eigenvalue weighted by molar-refractivity contribution is 7.80. The summed E-state index contributed by atoms with van der Waals surface area (Å²) in [5.74, 6) is -1.39. The minimum absolute atomic E-state index is 0.112. The summed E-state index contributed by atoms with van der Waals surface area (Å²) >= 11 is 10.9. The number of anilines is 1. The normalized spacial score (nSPS) is 10.0. The van der Waals surface area contributed by atoms with E-state index in [1.54, 1.807) is 31.2 Å². The largest absolute Gasteiger partial charge is 0.478 e. The number of carboxylic acid groups (broad SMARTS) is 1. The molecule has 0 atom stereocenters. The second-order valence-corrected chi connectivity index (χ2v) is 5.60. The maximum atomic E-state index is 12.1. The van der Waals surface area contributed by atoms with Crippen molar-refractivity contribution in [1.29, 1.82) is 0 Å². The van der Waals surface area contributed by atoms with Crippen LogP contribution in [0.2, 0.25) is 5.02 Å². The van der Waals surface area contributed by atoms with Crippen LogP contribution in [0.4, 0.5) is 5.69 Å².